The number of carbonyl (C=O) groups is 2. The lowest BCUT2D eigenvalue weighted by atomic mass is 10.1. The molecular formula is C21H21NO5. The number of hydrogen-bond donors (Lipinski definition) is 1. The molecule has 6 nitrogen and oxygen atoms in total. The van der Waals surface area contributed by atoms with E-state index in [9.17, 15) is 9.59 Å². The summed E-state index contributed by atoms with van der Waals surface area (Å²) in [6, 6.07) is 12.1. The number of amides is 1. The van der Waals surface area contributed by atoms with Crippen LogP contribution in [0.1, 0.15) is 40.3 Å². The molecule has 0 fully saturated rings. The number of nitrogens with one attached hydrogen (secondary N) is 1. The van der Waals surface area contributed by atoms with Crippen LogP contribution in [0.3, 0.4) is 0 Å². The van der Waals surface area contributed by atoms with E-state index in [1.807, 2.05) is 6.92 Å². The number of ether oxygens (including phenoxy) is 2. The molecule has 0 aliphatic heterocycles. The van der Waals surface area contributed by atoms with Gasteiger partial charge in [-0.1, -0.05) is 12.1 Å². The number of aryl methyl sites for hydroxylation is 1. The fourth-order valence-corrected chi connectivity index (χ4v) is 2.90. The first kappa shape index (κ1) is 18.5. The van der Waals surface area contributed by atoms with Gasteiger partial charge in [0, 0.05) is 5.39 Å². The van der Waals surface area contributed by atoms with Gasteiger partial charge in [0.1, 0.15) is 17.1 Å². The van der Waals surface area contributed by atoms with Gasteiger partial charge in [0.15, 0.2) is 0 Å². The number of esters is 1. The second-order valence-corrected chi connectivity index (χ2v) is 5.84. The molecule has 0 atom stereocenters. The van der Waals surface area contributed by atoms with Crippen LogP contribution < -0.4 is 10.1 Å². The minimum absolute atomic E-state index is 0.257. The number of para-hydroxylation sites is 1. The predicted molar refractivity (Wildman–Crippen MR) is 102 cm³/mol. The molecule has 0 radical (unpaired) electrons. The zero-order chi connectivity index (χ0) is 19.4. The minimum Gasteiger partial charge on any atom is -0.494 e. The molecule has 140 valence electrons. The maximum Gasteiger partial charge on any atom is 0.340 e. The van der Waals surface area contributed by atoms with Crippen molar-refractivity contribution < 1.29 is 23.5 Å². The Morgan fingerprint density at radius 3 is 2.59 bits per heavy atom. The van der Waals surface area contributed by atoms with Crippen molar-refractivity contribution >= 4 is 28.5 Å². The Morgan fingerprint density at radius 2 is 1.85 bits per heavy atom. The molecule has 0 spiro atoms. The standard InChI is InChI=1S/C21H21NO5/c1-4-25-14-10-11-18-16(12-14)19(13(3)27-18)20(23)22-17-9-7-6-8-15(17)21(24)26-5-2/h6-12H,4-5H2,1-3H3,(H,22,23). The van der Waals surface area contributed by atoms with Gasteiger partial charge in [0.05, 0.1) is 30.0 Å². The Bertz CT molecular complexity index is 989. The van der Waals surface area contributed by atoms with Crippen LogP contribution in [0.5, 0.6) is 5.75 Å². The molecule has 1 aromatic heterocycles. The zero-order valence-corrected chi connectivity index (χ0v) is 15.5. The summed E-state index contributed by atoms with van der Waals surface area (Å²) >= 11 is 0. The maximum absolute atomic E-state index is 12.9. The molecule has 1 N–H and O–H groups in total. The quantitative estimate of drug-likeness (QED) is 0.646. The van der Waals surface area contributed by atoms with Crippen LogP contribution in [-0.4, -0.2) is 25.1 Å². The molecule has 0 saturated heterocycles. The van der Waals surface area contributed by atoms with Gasteiger partial charge >= 0.3 is 5.97 Å². The lowest BCUT2D eigenvalue weighted by Crippen LogP contribution is -2.16. The van der Waals surface area contributed by atoms with Gasteiger partial charge in [-0.05, 0) is 51.1 Å². The molecule has 2 aromatic carbocycles. The van der Waals surface area contributed by atoms with Crippen molar-refractivity contribution in [2.75, 3.05) is 18.5 Å². The van der Waals surface area contributed by atoms with Crippen LogP contribution >= 0.6 is 0 Å². The van der Waals surface area contributed by atoms with Crippen LogP contribution in [0.25, 0.3) is 11.0 Å². The average Bonchev–Trinajstić information content (AvgIpc) is 2.97. The van der Waals surface area contributed by atoms with Crippen LogP contribution in [0.4, 0.5) is 5.69 Å². The van der Waals surface area contributed by atoms with Gasteiger partial charge in [-0.3, -0.25) is 4.79 Å². The molecule has 0 aliphatic carbocycles. The van der Waals surface area contributed by atoms with E-state index in [4.69, 9.17) is 13.9 Å². The summed E-state index contributed by atoms with van der Waals surface area (Å²) in [7, 11) is 0. The van der Waals surface area contributed by atoms with Gasteiger partial charge in [-0.25, -0.2) is 4.79 Å². The molecule has 0 saturated carbocycles. The van der Waals surface area contributed by atoms with Crippen molar-refractivity contribution in [3.8, 4) is 5.75 Å². The van der Waals surface area contributed by atoms with Gasteiger partial charge in [0.25, 0.3) is 5.91 Å². The Balaban J connectivity index is 1.97. The van der Waals surface area contributed by atoms with E-state index >= 15 is 0 Å². The van der Waals surface area contributed by atoms with E-state index in [1.165, 1.54) is 0 Å². The van der Waals surface area contributed by atoms with E-state index in [-0.39, 0.29) is 12.5 Å². The molecular weight excluding hydrogens is 346 g/mol. The monoisotopic (exact) mass is 367 g/mol. The van der Waals surface area contributed by atoms with Gasteiger partial charge < -0.3 is 19.2 Å². The molecule has 1 amide bonds. The fourth-order valence-electron chi connectivity index (χ4n) is 2.90. The summed E-state index contributed by atoms with van der Waals surface area (Å²) in [4.78, 5) is 25.1. The molecule has 3 rings (SSSR count). The lowest BCUT2D eigenvalue weighted by Gasteiger charge is -2.10. The Kier molecular flexibility index (Phi) is 5.45. The molecule has 0 aliphatic rings. The molecule has 3 aromatic rings. The lowest BCUT2D eigenvalue weighted by molar-refractivity contribution is 0.0527. The van der Waals surface area contributed by atoms with Crippen LogP contribution in [0.2, 0.25) is 0 Å². The SMILES string of the molecule is CCOC(=O)c1ccccc1NC(=O)c1c(C)oc2ccc(OCC)cc12. The van der Waals surface area contributed by atoms with Gasteiger partial charge in [-0.2, -0.15) is 0 Å². The average molecular weight is 367 g/mol. The van der Waals surface area contributed by atoms with E-state index in [0.29, 0.717) is 45.9 Å². The zero-order valence-electron chi connectivity index (χ0n) is 15.5. The first-order valence-corrected chi connectivity index (χ1v) is 8.78. The van der Waals surface area contributed by atoms with Gasteiger partial charge in [0.2, 0.25) is 0 Å². The van der Waals surface area contributed by atoms with Crippen molar-refractivity contribution in [2.45, 2.75) is 20.8 Å². The molecule has 27 heavy (non-hydrogen) atoms. The first-order chi connectivity index (χ1) is 13.0. The topological polar surface area (TPSA) is 77.8 Å². The third-order valence-corrected chi connectivity index (χ3v) is 4.04. The van der Waals surface area contributed by atoms with E-state index < -0.39 is 5.97 Å². The largest absolute Gasteiger partial charge is 0.494 e. The second-order valence-electron chi connectivity index (χ2n) is 5.84. The highest BCUT2D eigenvalue weighted by Gasteiger charge is 2.21. The summed E-state index contributed by atoms with van der Waals surface area (Å²) in [5, 5.41) is 3.45. The Labute approximate surface area is 157 Å². The smallest absolute Gasteiger partial charge is 0.340 e. The second kappa shape index (κ2) is 7.95. The molecule has 0 unspecified atom stereocenters. The summed E-state index contributed by atoms with van der Waals surface area (Å²) in [6.45, 7) is 6.14. The van der Waals surface area contributed by atoms with E-state index in [0.717, 1.165) is 0 Å². The summed E-state index contributed by atoms with van der Waals surface area (Å²) < 4.78 is 16.3. The first-order valence-electron chi connectivity index (χ1n) is 8.78. The highest BCUT2D eigenvalue weighted by molar-refractivity contribution is 6.15. The van der Waals surface area contributed by atoms with Crippen molar-refractivity contribution in [1.82, 2.24) is 0 Å². The third kappa shape index (κ3) is 3.79. The minimum atomic E-state index is -0.485. The summed E-state index contributed by atoms with van der Waals surface area (Å²) in [6.07, 6.45) is 0. The van der Waals surface area contributed by atoms with Gasteiger partial charge in [-0.15, -0.1) is 0 Å². The highest BCUT2D eigenvalue weighted by atomic mass is 16.5. The molecule has 1 heterocycles. The summed E-state index contributed by atoms with van der Waals surface area (Å²) in [5.41, 5.74) is 1.69. The number of hydrogen-bond acceptors (Lipinski definition) is 5. The fraction of sp³-hybridized carbons (Fsp3) is 0.238. The van der Waals surface area contributed by atoms with Crippen LogP contribution in [0.15, 0.2) is 46.9 Å². The third-order valence-electron chi connectivity index (χ3n) is 4.04. The Hall–Kier alpha value is -3.28. The van der Waals surface area contributed by atoms with Crippen LogP contribution in [0, 0.1) is 6.92 Å². The normalized spacial score (nSPS) is 10.6. The number of anilines is 1. The van der Waals surface area contributed by atoms with Crippen molar-refractivity contribution in [3.05, 3.63) is 59.4 Å². The number of fused-ring (bicyclic) bond motifs is 1. The molecule has 0 bridgehead atoms. The van der Waals surface area contributed by atoms with Crippen molar-refractivity contribution in [2.24, 2.45) is 0 Å². The molecule has 6 heteroatoms. The van der Waals surface area contributed by atoms with Crippen LogP contribution in [-0.2, 0) is 4.74 Å². The number of benzene rings is 2. The number of rotatable bonds is 6. The highest BCUT2D eigenvalue weighted by Crippen LogP contribution is 2.30. The number of carbonyl (C=O) groups excluding carboxylic acids is 2. The summed E-state index contributed by atoms with van der Waals surface area (Å²) in [5.74, 6) is 0.300. The van der Waals surface area contributed by atoms with Crippen molar-refractivity contribution in [3.63, 3.8) is 0 Å². The van der Waals surface area contributed by atoms with Crippen molar-refractivity contribution in [1.29, 1.82) is 0 Å². The van der Waals surface area contributed by atoms with E-state index in [2.05, 4.69) is 5.32 Å². The number of furan rings is 1. The predicted octanol–water partition coefficient (Wildman–Crippen LogP) is 4.57. The Morgan fingerprint density at radius 1 is 1.07 bits per heavy atom. The maximum atomic E-state index is 12.9. The van der Waals surface area contributed by atoms with E-state index in [1.54, 1.807) is 56.3 Å².